The molecule has 1 fully saturated rings. The zero-order chi connectivity index (χ0) is 19.8. The molecular formula is C17H20N4O3S4. The second-order valence-corrected chi connectivity index (χ2v) is 10.0. The van der Waals surface area contributed by atoms with E-state index in [9.17, 15) is 9.59 Å². The molecule has 1 amide bonds. The summed E-state index contributed by atoms with van der Waals surface area (Å²) in [6.07, 6.45) is 3.15. The van der Waals surface area contributed by atoms with E-state index in [1.165, 1.54) is 29.8 Å². The third-order valence-electron chi connectivity index (χ3n) is 3.74. The lowest BCUT2D eigenvalue weighted by atomic mass is 10.3. The molecule has 28 heavy (non-hydrogen) atoms. The minimum Gasteiger partial charge on any atom is -0.466 e. The number of esters is 1. The van der Waals surface area contributed by atoms with Gasteiger partial charge in [0, 0.05) is 23.7 Å². The van der Waals surface area contributed by atoms with Gasteiger partial charge in [0.25, 0.3) is 0 Å². The van der Waals surface area contributed by atoms with Gasteiger partial charge >= 0.3 is 5.97 Å². The van der Waals surface area contributed by atoms with Crippen LogP contribution in [0.3, 0.4) is 0 Å². The number of thioether (sulfide) groups is 2. The minimum atomic E-state index is -0.440. The molecule has 7 nitrogen and oxygen atoms in total. The molecule has 2 aromatic heterocycles. The van der Waals surface area contributed by atoms with E-state index in [4.69, 9.17) is 0 Å². The zero-order valence-electron chi connectivity index (χ0n) is 15.3. The summed E-state index contributed by atoms with van der Waals surface area (Å²) in [6, 6.07) is 4.19. The van der Waals surface area contributed by atoms with Gasteiger partial charge in [-0.25, -0.2) is 4.79 Å². The Balaban J connectivity index is 1.38. The van der Waals surface area contributed by atoms with E-state index in [0.717, 1.165) is 34.6 Å². The Labute approximate surface area is 179 Å². The summed E-state index contributed by atoms with van der Waals surface area (Å²) < 4.78 is 5.55. The summed E-state index contributed by atoms with van der Waals surface area (Å²) >= 11 is 6.29. The molecule has 0 atom stereocenters. The molecule has 150 valence electrons. The predicted octanol–water partition coefficient (Wildman–Crippen LogP) is 3.33. The lowest BCUT2D eigenvalue weighted by molar-refractivity contribution is -0.134. The summed E-state index contributed by atoms with van der Waals surface area (Å²) in [4.78, 5) is 26.4. The predicted molar refractivity (Wildman–Crippen MR) is 116 cm³/mol. The van der Waals surface area contributed by atoms with Crippen molar-refractivity contribution in [1.82, 2.24) is 15.1 Å². The highest BCUT2D eigenvalue weighted by Crippen LogP contribution is 2.30. The first-order chi connectivity index (χ1) is 13.7. The fraction of sp³-hybridized carbons (Fsp3) is 0.412. The molecule has 0 bridgehead atoms. The molecule has 3 heterocycles. The van der Waals surface area contributed by atoms with Crippen molar-refractivity contribution in [3.8, 4) is 0 Å². The van der Waals surface area contributed by atoms with Crippen LogP contribution in [0.4, 0.5) is 5.13 Å². The first kappa shape index (κ1) is 21.2. The van der Waals surface area contributed by atoms with E-state index in [2.05, 4.69) is 37.8 Å². The largest absolute Gasteiger partial charge is 0.466 e. The second-order valence-electron chi connectivity index (χ2n) is 5.67. The average Bonchev–Trinajstić information content (AvgIpc) is 3.43. The van der Waals surface area contributed by atoms with Gasteiger partial charge in [-0.15, -0.1) is 21.5 Å². The van der Waals surface area contributed by atoms with Crippen LogP contribution in [0.2, 0.25) is 0 Å². The summed E-state index contributed by atoms with van der Waals surface area (Å²) in [5, 5.41) is 15.2. The monoisotopic (exact) mass is 456 g/mol. The molecule has 0 aliphatic carbocycles. The van der Waals surface area contributed by atoms with E-state index in [-0.39, 0.29) is 5.91 Å². The van der Waals surface area contributed by atoms with Crippen molar-refractivity contribution >= 4 is 63.2 Å². The van der Waals surface area contributed by atoms with Crippen LogP contribution in [0.5, 0.6) is 0 Å². The maximum absolute atomic E-state index is 12.0. The molecule has 0 spiro atoms. The molecule has 0 aromatic carbocycles. The van der Waals surface area contributed by atoms with Gasteiger partial charge in [-0.3, -0.25) is 4.79 Å². The van der Waals surface area contributed by atoms with Gasteiger partial charge < -0.3 is 15.0 Å². The number of thiophene rings is 1. The summed E-state index contributed by atoms with van der Waals surface area (Å²) in [6.45, 7) is 1.41. The zero-order valence-corrected chi connectivity index (χ0v) is 18.5. The van der Waals surface area contributed by atoms with Crippen molar-refractivity contribution in [3.05, 3.63) is 33.5 Å². The Morgan fingerprint density at radius 3 is 3.14 bits per heavy atom. The van der Waals surface area contributed by atoms with Gasteiger partial charge in [0.1, 0.15) is 0 Å². The standard InChI is InChI=1S/C17H20N4O3S4/c1-24-15(23)10-14-21(13(22)11-27-14)7-3-9-26-17-20-19-16(28-17)18-6-5-12-4-2-8-25-12/h2,4,8,10H,3,5-7,9,11H2,1H3,(H,18,19). The van der Waals surface area contributed by atoms with Crippen molar-refractivity contribution in [2.24, 2.45) is 0 Å². The number of hydrogen-bond donors (Lipinski definition) is 1. The lowest BCUT2D eigenvalue weighted by Gasteiger charge is -2.16. The van der Waals surface area contributed by atoms with Gasteiger partial charge in [0.15, 0.2) is 4.34 Å². The van der Waals surface area contributed by atoms with Crippen LogP contribution in [0, 0.1) is 0 Å². The highest BCUT2D eigenvalue weighted by Gasteiger charge is 2.26. The SMILES string of the molecule is COC(=O)C=C1SCC(=O)N1CCCSc1nnc(NCCc2cccs2)s1. The Morgan fingerprint density at radius 2 is 2.36 bits per heavy atom. The smallest absolute Gasteiger partial charge is 0.333 e. The molecule has 0 saturated carbocycles. The Bertz CT molecular complexity index is 822. The van der Waals surface area contributed by atoms with Crippen LogP contribution in [0.15, 0.2) is 33.0 Å². The van der Waals surface area contributed by atoms with E-state index in [0.29, 0.717) is 17.3 Å². The molecule has 0 unspecified atom stereocenters. The van der Waals surface area contributed by atoms with Crippen molar-refractivity contribution in [2.75, 3.05) is 37.0 Å². The number of anilines is 1. The number of amides is 1. The van der Waals surface area contributed by atoms with Crippen LogP contribution in [0.1, 0.15) is 11.3 Å². The van der Waals surface area contributed by atoms with Crippen molar-refractivity contribution in [2.45, 2.75) is 17.2 Å². The molecule has 0 radical (unpaired) electrons. The van der Waals surface area contributed by atoms with E-state index >= 15 is 0 Å². The molecular weight excluding hydrogens is 436 g/mol. The topological polar surface area (TPSA) is 84.4 Å². The Kier molecular flexibility index (Phi) is 8.19. The summed E-state index contributed by atoms with van der Waals surface area (Å²) in [5.74, 6) is 0.777. The third kappa shape index (κ3) is 6.23. The number of nitrogens with zero attached hydrogens (tertiary/aromatic N) is 3. The number of ether oxygens (including phenoxy) is 1. The molecule has 1 aliphatic heterocycles. The number of nitrogens with one attached hydrogen (secondary N) is 1. The lowest BCUT2D eigenvalue weighted by Crippen LogP contribution is -2.26. The van der Waals surface area contributed by atoms with Gasteiger partial charge in [-0.2, -0.15) is 0 Å². The van der Waals surface area contributed by atoms with Gasteiger partial charge in [0.2, 0.25) is 11.0 Å². The number of aromatic nitrogens is 2. The van der Waals surface area contributed by atoms with E-state index in [1.807, 2.05) is 0 Å². The normalized spacial score (nSPS) is 15.4. The summed E-state index contributed by atoms with van der Waals surface area (Å²) in [5.41, 5.74) is 0. The number of methoxy groups -OCH3 is 1. The molecule has 11 heteroatoms. The van der Waals surface area contributed by atoms with Crippen molar-refractivity contribution in [3.63, 3.8) is 0 Å². The highest BCUT2D eigenvalue weighted by atomic mass is 32.2. The van der Waals surface area contributed by atoms with Gasteiger partial charge in [0.05, 0.1) is 24.0 Å². The number of hydrogen-bond acceptors (Lipinski definition) is 10. The van der Waals surface area contributed by atoms with Gasteiger partial charge in [-0.1, -0.05) is 40.9 Å². The molecule has 3 rings (SSSR count). The van der Waals surface area contributed by atoms with Crippen LogP contribution in [0.25, 0.3) is 0 Å². The maximum atomic E-state index is 12.0. The molecule has 1 aliphatic rings. The minimum absolute atomic E-state index is 0.0262. The Hall–Kier alpha value is -1.56. The van der Waals surface area contributed by atoms with E-state index < -0.39 is 5.97 Å². The number of carbonyl (C=O) groups is 2. The first-order valence-corrected chi connectivity index (χ1v) is 12.3. The number of carbonyl (C=O) groups excluding carboxylic acids is 2. The maximum Gasteiger partial charge on any atom is 0.333 e. The fourth-order valence-electron chi connectivity index (χ4n) is 2.40. The van der Waals surface area contributed by atoms with Crippen LogP contribution in [-0.2, 0) is 20.7 Å². The van der Waals surface area contributed by atoms with Crippen LogP contribution < -0.4 is 5.32 Å². The molecule has 2 aromatic rings. The second kappa shape index (κ2) is 10.8. The molecule has 1 saturated heterocycles. The quantitative estimate of drug-likeness (QED) is 0.252. The van der Waals surface area contributed by atoms with Crippen molar-refractivity contribution in [1.29, 1.82) is 0 Å². The highest BCUT2D eigenvalue weighted by molar-refractivity contribution is 8.04. The number of rotatable bonds is 10. The van der Waals surface area contributed by atoms with Crippen LogP contribution >= 0.6 is 46.2 Å². The Morgan fingerprint density at radius 1 is 1.46 bits per heavy atom. The first-order valence-electron chi connectivity index (χ1n) is 8.61. The fourth-order valence-corrected chi connectivity index (χ4v) is 5.83. The third-order valence-corrected chi connectivity index (χ3v) is 7.80. The average molecular weight is 457 g/mol. The summed E-state index contributed by atoms with van der Waals surface area (Å²) in [7, 11) is 1.33. The van der Waals surface area contributed by atoms with Gasteiger partial charge in [-0.05, 0) is 24.3 Å². The molecule has 1 N–H and O–H groups in total. The van der Waals surface area contributed by atoms with Crippen molar-refractivity contribution < 1.29 is 14.3 Å². The van der Waals surface area contributed by atoms with Crippen LogP contribution in [-0.4, -0.2) is 58.7 Å². The van der Waals surface area contributed by atoms with E-state index in [1.54, 1.807) is 39.3 Å².